The normalized spacial score (nSPS) is 11.5. The van der Waals surface area contributed by atoms with Crippen molar-refractivity contribution in [3.8, 4) is 0 Å². The number of nitrogens with zero attached hydrogens (tertiary/aromatic N) is 1. The maximum Gasteiger partial charge on any atom is 0.345 e. The van der Waals surface area contributed by atoms with Crippen molar-refractivity contribution in [2.24, 2.45) is 0 Å². The maximum absolute atomic E-state index is 11.0. The van der Waals surface area contributed by atoms with Gasteiger partial charge < -0.3 is 9.84 Å². The molecule has 0 amide bonds. The predicted octanol–water partition coefficient (Wildman–Crippen LogP) is 3.39. The smallest absolute Gasteiger partial charge is 0.345 e. The Kier molecular flexibility index (Phi) is 7.19. The van der Waals surface area contributed by atoms with Gasteiger partial charge in [0.2, 0.25) is 0 Å². The molecule has 0 radical (unpaired) electrons. The van der Waals surface area contributed by atoms with Crippen LogP contribution >= 0.6 is 11.3 Å². The van der Waals surface area contributed by atoms with Crippen LogP contribution in [0.25, 0.3) is 0 Å². The lowest BCUT2D eigenvalue weighted by Gasteiger charge is -2.30. The monoisotopic (exact) mass is 299 g/mol. The summed E-state index contributed by atoms with van der Waals surface area (Å²) in [6, 6.07) is 2.32. The molecular weight excluding hydrogens is 274 g/mol. The fourth-order valence-corrected chi connectivity index (χ4v) is 3.28. The molecule has 0 aliphatic rings. The Balaban J connectivity index is 2.85. The predicted molar refractivity (Wildman–Crippen MR) is 82.7 cm³/mol. The van der Waals surface area contributed by atoms with E-state index >= 15 is 0 Å². The summed E-state index contributed by atoms with van der Waals surface area (Å²) >= 11 is 1.36. The van der Waals surface area contributed by atoms with Gasteiger partial charge >= 0.3 is 5.97 Å². The lowest BCUT2D eigenvalue weighted by Crippen LogP contribution is -2.36. The van der Waals surface area contributed by atoms with Gasteiger partial charge in [-0.1, -0.05) is 13.8 Å². The topological polar surface area (TPSA) is 49.8 Å². The number of carboxylic acids is 1. The molecule has 4 nitrogen and oxygen atoms in total. The fraction of sp³-hybridized carbons (Fsp3) is 0.667. The van der Waals surface area contributed by atoms with Crippen molar-refractivity contribution in [3.63, 3.8) is 0 Å². The zero-order valence-electron chi connectivity index (χ0n) is 12.8. The van der Waals surface area contributed by atoms with Gasteiger partial charge in [0.25, 0.3) is 0 Å². The molecule has 1 aromatic rings. The maximum atomic E-state index is 11.0. The van der Waals surface area contributed by atoms with Crippen LogP contribution in [0.15, 0.2) is 6.07 Å². The van der Waals surface area contributed by atoms with Crippen molar-refractivity contribution < 1.29 is 14.6 Å². The number of ether oxygens (including phenoxy) is 1. The van der Waals surface area contributed by atoms with Crippen LogP contribution in [0, 0.1) is 6.92 Å². The summed E-state index contributed by atoms with van der Waals surface area (Å²) in [6.45, 7) is 8.75. The Morgan fingerprint density at radius 3 is 2.55 bits per heavy atom. The van der Waals surface area contributed by atoms with Gasteiger partial charge in [0.1, 0.15) is 4.88 Å². The summed E-state index contributed by atoms with van der Waals surface area (Å²) in [6.07, 6.45) is 2.18. The molecule has 0 aromatic carbocycles. The number of carbonyl (C=O) groups is 1. The first-order valence-corrected chi connectivity index (χ1v) is 7.90. The minimum Gasteiger partial charge on any atom is -0.477 e. The van der Waals surface area contributed by atoms with Crippen molar-refractivity contribution in [1.82, 2.24) is 4.90 Å². The summed E-state index contributed by atoms with van der Waals surface area (Å²) in [4.78, 5) is 15.0. The van der Waals surface area contributed by atoms with Crippen molar-refractivity contribution in [2.75, 3.05) is 20.3 Å². The number of methoxy groups -OCH3 is 1. The Labute approximate surface area is 125 Å². The summed E-state index contributed by atoms with van der Waals surface area (Å²) < 4.78 is 5.19. The number of thiophene rings is 1. The molecule has 0 bridgehead atoms. The van der Waals surface area contributed by atoms with E-state index in [0.717, 1.165) is 36.4 Å². The summed E-state index contributed by atoms with van der Waals surface area (Å²) in [5.74, 6) is -0.838. The molecule has 0 unspecified atom stereocenters. The zero-order valence-corrected chi connectivity index (χ0v) is 13.6. The average molecular weight is 299 g/mol. The molecule has 0 spiro atoms. The number of rotatable bonds is 9. The Hall–Kier alpha value is -0.910. The largest absolute Gasteiger partial charge is 0.477 e. The Morgan fingerprint density at radius 2 is 2.10 bits per heavy atom. The third-order valence-electron chi connectivity index (χ3n) is 3.65. The van der Waals surface area contributed by atoms with Gasteiger partial charge in [0, 0.05) is 31.1 Å². The first-order chi connectivity index (χ1) is 9.53. The zero-order chi connectivity index (χ0) is 15.1. The minimum atomic E-state index is -0.838. The molecule has 0 fully saturated rings. The van der Waals surface area contributed by atoms with Gasteiger partial charge in [0.15, 0.2) is 0 Å². The molecular formula is C15H25NO3S. The van der Waals surface area contributed by atoms with E-state index in [1.54, 1.807) is 7.11 Å². The van der Waals surface area contributed by atoms with Crippen molar-refractivity contribution in [1.29, 1.82) is 0 Å². The first kappa shape index (κ1) is 17.1. The Bertz CT molecular complexity index is 427. The second-order valence-corrected chi connectivity index (χ2v) is 6.19. The van der Waals surface area contributed by atoms with Gasteiger partial charge in [-0.25, -0.2) is 4.79 Å². The van der Waals surface area contributed by atoms with E-state index in [-0.39, 0.29) is 0 Å². The minimum absolute atomic E-state index is 0.425. The van der Waals surface area contributed by atoms with Crippen molar-refractivity contribution >= 4 is 17.3 Å². The molecule has 5 heteroatoms. The number of aromatic carboxylic acids is 1. The standard InChI is InChI=1S/C15H25NO3S/c1-5-13(6-2)16(7-8-19-4)10-12-9-14(15(17)18)20-11(12)3/h9,13H,5-8,10H2,1-4H3,(H,17,18). The van der Waals surface area contributed by atoms with Crippen LogP contribution in [0.5, 0.6) is 0 Å². The van der Waals surface area contributed by atoms with E-state index in [4.69, 9.17) is 9.84 Å². The quantitative estimate of drug-likeness (QED) is 0.759. The van der Waals surface area contributed by atoms with E-state index in [9.17, 15) is 4.79 Å². The van der Waals surface area contributed by atoms with E-state index in [2.05, 4.69) is 18.7 Å². The molecule has 1 heterocycles. The molecule has 0 saturated heterocycles. The highest BCUT2D eigenvalue weighted by molar-refractivity contribution is 7.14. The molecule has 1 N–H and O–H groups in total. The van der Waals surface area contributed by atoms with Gasteiger partial charge in [-0.05, 0) is 31.4 Å². The summed E-state index contributed by atoms with van der Waals surface area (Å²) in [7, 11) is 1.71. The average Bonchev–Trinajstić information content (AvgIpc) is 2.78. The third kappa shape index (κ3) is 4.58. The number of carboxylic acid groups (broad SMARTS) is 1. The molecule has 20 heavy (non-hydrogen) atoms. The third-order valence-corrected chi connectivity index (χ3v) is 4.73. The van der Waals surface area contributed by atoms with Crippen LogP contribution in [0.1, 0.15) is 46.8 Å². The lowest BCUT2D eigenvalue weighted by atomic mass is 10.1. The van der Waals surface area contributed by atoms with Gasteiger partial charge in [-0.3, -0.25) is 4.90 Å². The van der Waals surface area contributed by atoms with E-state index in [1.807, 2.05) is 13.0 Å². The molecule has 0 saturated carbocycles. The van der Waals surface area contributed by atoms with Crippen LogP contribution < -0.4 is 0 Å². The molecule has 1 aromatic heterocycles. The number of aryl methyl sites for hydroxylation is 1. The Morgan fingerprint density at radius 1 is 1.45 bits per heavy atom. The lowest BCUT2D eigenvalue weighted by molar-refractivity contribution is 0.0702. The van der Waals surface area contributed by atoms with Crippen molar-refractivity contribution in [2.45, 2.75) is 46.2 Å². The van der Waals surface area contributed by atoms with E-state index < -0.39 is 5.97 Å². The molecule has 0 aliphatic carbocycles. The fourth-order valence-electron chi connectivity index (χ4n) is 2.41. The first-order valence-electron chi connectivity index (χ1n) is 7.09. The van der Waals surface area contributed by atoms with Crippen LogP contribution in [-0.2, 0) is 11.3 Å². The van der Waals surface area contributed by atoms with Crippen LogP contribution in [0.2, 0.25) is 0 Å². The highest BCUT2D eigenvalue weighted by Gasteiger charge is 2.18. The highest BCUT2D eigenvalue weighted by atomic mass is 32.1. The molecule has 0 atom stereocenters. The molecule has 114 valence electrons. The number of hydrogen-bond donors (Lipinski definition) is 1. The number of hydrogen-bond acceptors (Lipinski definition) is 4. The van der Waals surface area contributed by atoms with Crippen molar-refractivity contribution in [3.05, 3.63) is 21.4 Å². The second kappa shape index (κ2) is 8.39. The van der Waals surface area contributed by atoms with Gasteiger partial charge in [0.05, 0.1) is 6.61 Å². The van der Waals surface area contributed by atoms with Crippen LogP contribution in [0.3, 0.4) is 0 Å². The summed E-state index contributed by atoms with van der Waals surface area (Å²) in [5, 5.41) is 9.08. The highest BCUT2D eigenvalue weighted by Crippen LogP contribution is 2.24. The van der Waals surface area contributed by atoms with Crippen LogP contribution in [-0.4, -0.2) is 42.3 Å². The van der Waals surface area contributed by atoms with E-state index in [1.165, 1.54) is 11.3 Å². The SMILES string of the molecule is CCC(CC)N(CCOC)Cc1cc(C(=O)O)sc1C. The van der Waals surface area contributed by atoms with E-state index in [0.29, 0.717) is 17.5 Å². The second-order valence-electron chi connectivity index (χ2n) is 4.93. The summed E-state index contributed by atoms with van der Waals surface area (Å²) in [5.41, 5.74) is 1.12. The van der Waals surface area contributed by atoms with Crippen LogP contribution in [0.4, 0.5) is 0 Å². The van der Waals surface area contributed by atoms with Gasteiger partial charge in [-0.2, -0.15) is 0 Å². The molecule has 0 aliphatic heterocycles. The van der Waals surface area contributed by atoms with Gasteiger partial charge in [-0.15, -0.1) is 11.3 Å². The molecule has 1 rings (SSSR count).